The number of alkyl halides is 4. The molecule has 0 bridgehead atoms. The van der Waals surface area contributed by atoms with Gasteiger partial charge in [0.25, 0.3) is 0 Å². The molecule has 0 aliphatic carbocycles. The van der Waals surface area contributed by atoms with Crippen molar-refractivity contribution in [1.82, 2.24) is 5.32 Å². The van der Waals surface area contributed by atoms with Crippen LogP contribution in [0.25, 0.3) is 0 Å². The summed E-state index contributed by atoms with van der Waals surface area (Å²) in [6.45, 7) is 3.80. The van der Waals surface area contributed by atoms with Crippen LogP contribution in [0.3, 0.4) is 0 Å². The Hall–Kier alpha value is -0.260. The topological polar surface area (TPSA) is 29.1 Å². The lowest BCUT2D eigenvalue weighted by molar-refractivity contribution is -0.144. The molecule has 16 heavy (non-hydrogen) atoms. The van der Waals surface area contributed by atoms with Crippen molar-refractivity contribution in [3.8, 4) is 0 Å². The number of rotatable bonds is 6. The summed E-state index contributed by atoms with van der Waals surface area (Å²) in [5, 5.41) is 3.21. The minimum atomic E-state index is -4.27. The van der Waals surface area contributed by atoms with Crippen LogP contribution in [0.5, 0.6) is 0 Å². The maximum absolute atomic E-state index is 11.9. The molecule has 0 fully saturated rings. The molecule has 1 amide bonds. The first-order chi connectivity index (χ1) is 7.28. The first kappa shape index (κ1) is 15.7. The molecule has 0 saturated heterocycles. The lowest BCUT2D eigenvalue weighted by atomic mass is 9.95. The normalized spacial score (nSPS) is 12.6. The minimum absolute atomic E-state index is 0.428. The zero-order chi connectivity index (χ0) is 12.8. The quantitative estimate of drug-likeness (QED) is 0.749. The lowest BCUT2D eigenvalue weighted by Crippen LogP contribution is -2.49. The molecule has 0 spiro atoms. The fourth-order valence-electron chi connectivity index (χ4n) is 1.26. The van der Waals surface area contributed by atoms with Gasteiger partial charge in [0.15, 0.2) is 0 Å². The fourth-order valence-corrected chi connectivity index (χ4v) is 2.20. The third-order valence-corrected chi connectivity index (χ3v) is 3.72. The number of carbonyl (C=O) groups excluding carboxylic acids is 1. The van der Waals surface area contributed by atoms with E-state index >= 15 is 0 Å². The van der Waals surface area contributed by atoms with E-state index in [-0.39, 0.29) is 0 Å². The van der Waals surface area contributed by atoms with Crippen molar-refractivity contribution in [3.63, 3.8) is 0 Å². The molecule has 0 aromatic heterocycles. The average molecular weight is 304 g/mol. The number of carbonyl (C=O) groups is 1. The fraction of sp³-hybridized carbons (Fsp3) is 0.900. The van der Waals surface area contributed by atoms with Gasteiger partial charge in [-0.05, 0) is 12.8 Å². The van der Waals surface area contributed by atoms with Gasteiger partial charge in [0.1, 0.15) is 0 Å². The molecule has 6 heteroatoms. The van der Waals surface area contributed by atoms with Crippen LogP contribution < -0.4 is 5.32 Å². The summed E-state index contributed by atoms with van der Waals surface area (Å²) < 4.78 is 35.7. The molecule has 1 N–H and O–H groups in total. The summed E-state index contributed by atoms with van der Waals surface area (Å²) >= 11 is 3.28. The second kappa shape index (κ2) is 6.47. The number of hydrogen-bond acceptors (Lipinski definition) is 1. The van der Waals surface area contributed by atoms with E-state index in [1.807, 2.05) is 13.8 Å². The average Bonchev–Trinajstić information content (AvgIpc) is 2.22. The predicted molar refractivity (Wildman–Crippen MR) is 60.5 cm³/mol. The Labute approximate surface area is 102 Å². The zero-order valence-corrected chi connectivity index (χ0v) is 11.0. The van der Waals surface area contributed by atoms with Crippen molar-refractivity contribution in [2.75, 3.05) is 5.33 Å². The Bertz CT molecular complexity index is 218. The van der Waals surface area contributed by atoms with Gasteiger partial charge in [-0.15, -0.1) is 0 Å². The first-order valence-corrected chi connectivity index (χ1v) is 6.34. The Kier molecular flexibility index (Phi) is 6.36. The summed E-state index contributed by atoms with van der Waals surface area (Å²) in [4.78, 5) is 11.4. The Morgan fingerprint density at radius 1 is 1.25 bits per heavy atom. The van der Waals surface area contributed by atoms with E-state index < -0.39 is 30.5 Å². The number of hydrogen-bond donors (Lipinski definition) is 1. The molecule has 0 saturated carbocycles. The van der Waals surface area contributed by atoms with Crippen LogP contribution >= 0.6 is 15.9 Å². The van der Waals surface area contributed by atoms with Gasteiger partial charge in [-0.1, -0.05) is 29.8 Å². The molecule has 0 rings (SSSR count). The van der Waals surface area contributed by atoms with E-state index in [9.17, 15) is 18.0 Å². The standard InChI is InChI=1S/C10H17BrF3NO/c1-3-9(4-2,7-11)15-8(16)5-6-10(12,13)14/h3-7H2,1-2H3,(H,15,16). The second-order valence-corrected chi connectivity index (χ2v) is 4.35. The van der Waals surface area contributed by atoms with Crippen LogP contribution in [0.2, 0.25) is 0 Å². The summed E-state index contributed by atoms with van der Waals surface area (Å²) in [5.41, 5.74) is -0.428. The Morgan fingerprint density at radius 3 is 2.06 bits per heavy atom. The number of nitrogens with one attached hydrogen (secondary N) is 1. The van der Waals surface area contributed by atoms with Gasteiger partial charge in [-0.25, -0.2) is 0 Å². The number of halogens is 4. The van der Waals surface area contributed by atoms with Crippen molar-refractivity contribution in [3.05, 3.63) is 0 Å². The van der Waals surface area contributed by atoms with Crippen molar-refractivity contribution in [1.29, 1.82) is 0 Å². The summed E-state index contributed by atoms with van der Waals surface area (Å²) in [6.07, 6.45) is -4.46. The highest BCUT2D eigenvalue weighted by Gasteiger charge is 2.31. The zero-order valence-electron chi connectivity index (χ0n) is 9.46. The van der Waals surface area contributed by atoms with E-state index in [1.165, 1.54) is 0 Å². The third-order valence-electron chi connectivity index (χ3n) is 2.65. The molecule has 96 valence electrons. The van der Waals surface area contributed by atoms with E-state index in [1.54, 1.807) is 0 Å². The molecule has 0 aromatic carbocycles. The Balaban J connectivity index is 4.21. The molecule has 0 aliphatic rings. The number of amides is 1. The maximum atomic E-state index is 11.9. The van der Waals surface area contributed by atoms with Gasteiger partial charge < -0.3 is 5.32 Å². The van der Waals surface area contributed by atoms with Gasteiger partial charge in [0.05, 0.1) is 6.42 Å². The van der Waals surface area contributed by atoms with Crippen LogP contribution in [0, 0.1) is 0 Å². The van der Waals surface area contributed by atoms with Gasteiger partial charge in [-0.3, -0.25) is 4.79 Å². The Morgan fingerprint density at radius 2 is 1.75 bits per heavy atom. The van der Waals surface area contributed by atoms with E-state index in [2.05, 4.69) is 21.2 Å². The van der Waals surface area contributed by atoms with Gasteiger partial charge in [0, 0.05) is 17.3 Å². The van der Waals surface area contributed by atoms with Crippen molar-refractivity contribution < 1.29 is 18.0 Å². The van der Waals surface area contributed by atoms with E-state index in [4.69, 9.17) is 0 Å². The van der Waals surface area contributed by atoms with Crippen molar-refractivity contribution in [2.24, 2.45) is 0 Å². The van der Waals surface area contributed by atoms with Gasteiger partial charge in [-0.2, -0.15) is 13.2 Å². The summed E-state index contributed by atoms with van der Waals surface area (Å²) in [7, 11) is 0. The van der Waals surface area contributed by atoms with Crippen LogP contribution in [0.1, 0.15) is 39.5 Å². The summed E-state index contributed by atoms with van der Waals surface area (Å²) in [5.74, 6) is -0.541. The highest BCUT2D eigenvalue weighted by Crippen LogP contribution is 2.22. The van der Waals surface area contributed by atoms with Crippen LogP contribution in [0.4, 0.5) is 13.2 Å². The van der Waals surface area contributed by atoms with Crippen molar-refractivity contribution >= 4 is 21.8 Å². The molecule has 0 radical (unpaired) electrons. The third kappa shape index (κ3) is 5.72. The van der Waals surface area contributed by atoms with Crippen LogP contribution in [0.15, 0.2) is 0 Å². The predicted octanol–water partition coefficient (Wildman–Crippen LogP) is 3.40. The monoisotopic (exact) mass is 303 g/mol. The molecule has 0 aromatic rings. The van der Waals surface area contributed by atoms with Crippen LogP contribution in [-0.4, -0.2) is 23.0 Å². The molecule has 2 nitrogen and oxygen atoms in total. The van der Waals surface area contributed by atoms with Crippen molar-refractivity contribution in [2.45, 2.75) is 51.2 Å². The molecule has 0 aliphatic heterocycles. The minimum Gasteiger partial charge on any atom is -0.350 e. The maximum Gasteiger partial charge on any atom is 0.389 e. The highest BCUT2D eigenvalue weighted by molar-refractivity contribution is 9.09. The second-order valence-electron chi connectivity index (χ2n) is 3.78. The molecular weight excluding hydrogens is 287 g/mol. The van der Waals surface area contributed by atoms with Crippen LogP contribution in [-0.2, 0) is 4.79 Å². The van der Waals surface area contributed by atoms with Gasteiger partial charge >= 0.3 is 6.18 Å². The first-order valence-electron chi connectivity index (χ1n) is 5.22. The smallest absolute Gasteiger partial charge is 0.350 e. The van der Waals surface area contributed by atoms with Gasteiger partial charge in [0.2, 0.25) is 5.91 Å². The molecule has 0 unspecified atom stereocenters. The van der Waals surface area contributed by atoms with E-state index in [0.29, 0.717) is 18.2 Å². The SMILES string of the molecule is CCC(CC)(CBr)NC(=O)CCC(F)(F)F. The van der Waals surface area contributed by atoms with E-state index in [0.717, 1.165) is 0 Å². The lowest BCUT2D eigenvalue weighted by Gasteiger charge is -2.31. The molecule has 0 heterocycles. The summed E-state index contributed by atoms with van der Waals surface area (Å²) in [6, 6.07) is 0. The molecular formula is C10H17BrF3NO. The largest absolute Gasteiger partial charge is 0.389 e. The highest BCUT2D eigenvalue weighted by atomic mass is 79.9. The molecule has 0 atom stereocenters.